The minimum absolute atomic E-state index is 0.114. The summed E-state index contributed by atoms with van der Waals surface area (Å²) in [5.74, 6) is 0.862. The Morgan fingerprint density at radius 1 is 0.971 bits per heavy atom. The highest BCUT2D eigenvalue weighted by atomic mass is 32.2. The molecule has 7 heteroatoms. The second-order valence-electron chi connectivity index (χ2n) is 8.76. The third-order valence-electron chi connectivity index (χ3n) is 6.30. The number of hydrogen-bond donors (Lipinski definition) is 0. The van der Waals surface area contributed by atoms with Crippen molar-refractivity contribution in [2.24, 2.45) is 0 Å². The maximum Gasteiger partial charge on any atom is 0.266 e. The van der Waals surface area contributed by atoms with E-state index in [9.17, 15) is 9.59 Å². The molecule has 2 aromatic carbocycles. The van der Waals surface area contributed by atoms with Gasteiger partial charge in [0.1, 0.15) is 5.65 Å². The second kappa shape index (κ2) is 9.50. The van der Waals surface area contributed by atoms with E-state index in [2.05, 4.69) is 31.0 Å². The molecular formula is C28H26N4O2S. The van der Waals surface area contributed by atoms with Crippen LogP contribution in [0.1, 0.15) is 43.0 Å². The fourth-order valence-corrected chi connectivity index (χ4v) is 5.00. The number of hydrogen-bond acceptors (Lipinski definition) is 5. The summed E-state index contributed by atoms with van der Waals surface area (Å²) in [5.41, 5.74) is 4.70. The van der Waals surface area contributed by atoms with E-state index >= 15 is 0 Å². The van der Waals surface area contributed by atoms with Gasteiger partial charge < -0.3 is 0 Å². The fraction of sp³-hybridized carbons (Fsp3) is 0.214. The molecule has 6 nitrogen and oxygen atoms in total. The maximum absolute atomic E-state index is 13.5. The molecule has 5 rings (SSSR count). The molecule has 176 valence electrons. The van der Waals surface area contributed by atoms with Gasteiger partial charge in [0.25, 0.3) is 11.1 Å². The summed E-state index contributed by atoms with van der Waals surface area (Å²) < 4.78 is 3.19. The number of para-hydroxylation sites is 1. The quantitative estimate of drug-likeness (QED) is 0.236. The van der Waals surface area contributed by atoms with E-state index in [1.807, 2.05) is 49.4 Å². The van der Waals surface area contributed by atoms with E-state index in [-0.39, 0.29) is 11.1 Å². The number of nitrogens with zero attached hydrogens (tertiary/aromatic N) is 4. The molecule has 0 fully saturated rings. The van der Waals surface area contributed by atoms with Gasteiger partial charge in [-0.05, 0) is 66.8 Å². The van der Waals surface area contributed by atoms with Crippen LogP contribution >= 0.6 is 11.8 Å². The van der Waals surface area contributed by atoms with Gasteiger partial charge in [-0.1, -0.05) is 49.9 Å². The first-order valence-corrected chi connectivity index (χ1v) is 12.7. The van der Waals surface area contributed by atoms with Crippen LogP contribution in [-0.4, -0.2) is 18.9 Å². The first-order chi connectivity index (χ1) is 16.9. The van der Waals surface area contributed by atoms with Crippen LogP contribution in [0.2, 0.25) is 0 Å². The number of aromatic nitrogens is 4. The van der Waals surface area contributed by atoms with Crippen LogP contribution in [0.25, 0.3) is 22.2 Å². The summed E-state index contributed by atoms with van der Waals surface area (Å²) in [5, 5.41) is 1.14. The molecule has 0 saturated carbocycles. The molecule has 0 radical (unpaired) electrons. The van der Waals surface area contributed by atoms with E-state index in [1.165, 1.54) is 21.7 Å². The third-order valence-corrected chi connectivity index (χ3v) is 7.27. The first-order valence-electron chi connectivity index (χ1n) is 11.7. The molecular weight excluding hydrogens is 456 g/mol. The Balaban J connectivity index is 1.57. The zero-order valence-corrected chi connectivity index (χ0v) is 20.7. The summed E-state index contributed by atoms with van der Waals surface area (Å²) in [7, 11) is 0. The maximum atomic E-state index is 13.5. The topological polar surface area (TPSA) is 69.3 Å². The molecule has 0 N–H and O–H groups in total. The van der Waals surface area contributed by atoms with E-state index in [4.69, 9.17) is 4.98 Å². The molecule has 0 aliphatic heterocycles. The molecule has 1 unspecified atom stereocenters. The summed E-state index contributed by atoms with van der Waals surface area (Å²) >= 11 is 1.40. The van der Waals surface area contributed by atoms with E-state index in [0.717, 1.165) is 17.7 Å². The normalized spacial score (nSPS) is 12.3. The lowest BCUT2D eigenvalue weighted by Crippen LogP contribution is -2.22. The Morgan fingerprint density at radius 3 is 2.51 bits per heavy atom. The molecule has 0 bridgehead atoms. The second-order valence-corrected chi connectivity index (χ2v) is 9.70. The van der Waals surface area contributed by atoms with Gasteiger partial charge in [-0.2, -0.15) is 0 Å². The molecule has 0 amide bonds. The van der Waals surface area contributed by atoms with Crippen molar-refractivity contribution < 1.29 is 0 Å². The zero-order valence-electron chi connectivity index (χ0n) is 19.9. The minimum atomic E-state index is -0.130. The number of fused-ring (bicyclic) bond motifs is 2. The molecule has 3 aromatic heterocycles. The van der Waals surface area contributed by atoms with Crippen molar-refractivity contribution in [1.29, 1.82) is 0 Å². The van der Waals surface area contributed by atoms with Crippen molar-refractivity contribution in [3.05, 3.63) is 110 Å². The number of pyridine rings is 1. The van der Waals surface area contributed by atoms with Crippen LogP contribution in [0.4, 0.5) is 0 Å². The lowest BCUT2D eigenvalue weighted by Gasteiger charge is -2.15. The van der Waals surface area contributed by atoms with Gasteiger partial charge in [-0.15, -0.1) is 0 Å². The number of aryl methyl sites for hydroxylation is 1. The van der Waals surface area contributed by atoms with Crippen LogP contribution in [-0.2, 0) is 5.75 Å². The van der Waals surface area contributed by atoms with E-state index < -0.39 is 0 Å². The average Bonchev–Trinajstić information content (AvgIpc) is 2.87. The van der Waals surface area contributed by atoms with Gasteiger partial charge in [0.2, 0.25) is 0 Å². The third kappa shape index (κ3) is 4.51. The van der Waals surface area contributed by atoms with Gasteiger partial charge in [-0.25, -0.2) is 9.97 Å². The Hall–Kier alpha value is -3.71. The van der Waals surface area contributed by atoms with Gasteiger partial charge in [0.15, 0.2) is 5.16 Å². The molecule has 1 atom stereocenters. The summed E-state index contributed by atoms with van der Waals surface area (Å²) in [6.45, 7) is 6.33. The summed E-state index contributed by atoms with van der Waals surface area (Å²) in [6.07, 6.45) is 2.79. The highest BCUT2D eigenvalue weighted by molar-refractivity contribution is 7.98. The lowest BCUT2D eigenvalue weighted by molar-refractivity contribution is 0.732. The largest absolute Gasteiger partial charge is 0.269 e. The number of rotatable bonds is 6. The van der Waals surface area contributed by atoms with E-state index in [1.54, 1.807) is 22.9 Å². The van der Waals surface area contributed by atoms with Crippen molar-refractivity contribution in [3.63, 3.8) is 0 Å². The zero-order chi connectivity index (χ0) is 24.5. The van der Waals surface area contributed by atoms with Gasteiger partial charge in [0.05, 0.1) is 22.3 Å². The number of benzene rings is 2. The molecule has 5 aromatic rings. The Bertz CT molecular complexity index is 1650. The Morgan fingerprint density at radius 2 is 1.74 bits per heavy atom. The molecule has 0 spiro atoms. The van der Waals surface area contributed by atoms with E-state index in [0.29, 0.717) is 39.1 Å². The van der Waals surface area contributed by atoms with Crippen LogP contribution in [0.3, 0.4) is 0 Å². The highest BCUT2D eigenvalue weighted by Crippen LogP contribution is 2.26. The minimum Gasteiger partial charge on any atom is -0.269 e. The van der Waals surface area contributed by atoms with Gasteiger partial charge >= 0.3 is 0 Å². The summed E-state index contributed by atoms with van der Waals surface area (Å²) in [4.78, 5) is 35.6. The molecule has 3 heterocycles. The first kappa shape index (κ1) is 23.1. The van der Waals surface area contributed by atoms with Gasteiger partial charge in [0, 0.05) is 18.0 Å². The Kier molecular flexibility index (Phi) is 6.26. The van der Waals surface area contributed by atoms with Crippen LogP contribution in [0.15, 0.2) is 87.7 Å². The fourth-order valence-electron chi connectivity index (χ4n) is 4.09. The van der Waals surface area contributed by atoms with Crippen molar-refractivity contribution >= 4 is 28.3 Å². The van der Waals surface area contributed by atoms with Crippen molar-refractivity contribution in [2.75, 3.05) is 0 Å². The standard InChI is InChI=1S/C28H26N4O2S/c1-4-19(3)20-9-11-22(12-10-20)32-27(34)23-7-5-6-8-24(23)30-28(32)35-17-21-16-26(33)31-14-13-18(2)15-25(31)29-21/h5-16,19H,4,17H2,1-3H3. The summed E-state index contributed by atoms with van der Waals surface area (Å²) in [6, 6.07) is 20.8. The molecule has 0 aliphatic rings. The predicted octanol–water partition coefficient (Wildman–Crippen LogP) is 5.51. The highest BCUT2D eigenvalue weighted by Gasteiger charge is 2.15. The van der Waals surface area contributed by atoms with Crippen molar-refractivity contribution in [1.82, 2.24) is 18.9 Å². The van der Waals surface area contributed by atoms with Crippen molar-refractivity contribution in [2.45, 2.75) is 44.0 Å². The average molecular weight is 483 g/mol. The van der Waals surface area contributed by atoms with Crippen LogP contribution < -0.4 is 11.1 Å². The monoisotopic (exact) mass is 482 g/mol. The Labute approximate surface area is 207 Å². The molecule has 35 heavy (non-hydrogen) atoms. The molecule has 0 aliphatic carbocycles. The van der Waals surface area contributed by atoms with Crippen molar-refractivity contribution in [3.8, 4) is 5.69 Å². The predicted molar refractivity (Wildman–Crippen MR) is 142 cm³/mol. The number of thioether (sulfide) groups is 1. The lowest BCUT2D eigenvalue weighted by atomic mass is 9.98. The van der Waals surface area contributed by atoms with Gasteiger partial charge in [-0.3, -0.25) is 18.6 Å². The van der Waals surface area contributed by atoms with Crippen LogP contribution in [0.5, 0.6) is 0 Å². The SMILES string of the molecule is CCC(C)c1ccc(-n2c(SCc3cc(=O)n4ccc(C)cc4n3)nc3ccccc3c2=O)cc1. The van der Waals surface area contributed by atoms with Crippen LogP contribution in [0, 0.1) is 6.92 Å². The molecule has 0 saturated heterocycles. The smallest absolute Gasteiger partial charge is 0.266 e.